The maximum absolute atomic E-state index is 12.8. The van der Waals surface area contributed by atoms with Crippen LogP contribution in [0.25, 0.3) is 0 Å². The number of amides is 2. The predicted octanol–water partition coefficient (Wildman–Crippen LogP) is 1.35. The molecule has 2 amide bonds. The SMILES string of the molecule is CCOC(=O)CC1C(=O)NCCN1C(=O)c1ccc(OC)c(Br)c1. The molecule has 130 valence electrons. The normalized spacial score (nSPS) is 17.2. The van der Waals surface area contributed by atoms with Gasteiger partial charge in [0.25, 0.3) is 5.91 Å². The van der Waals surface area contributed by atoms with Gasteiger partial charge in [-0.15, -0.1) is 0 Å². The number of esters is 1. The quantitative estimate of drug-likeness (QED) is 0.756. The lowest BCUT2D eigenvalue weighted by Crippen LogP contribution is -2.57. The zero-order valence-electron chi connectivity index (χ0n) is 13.5. The van der Waals surface area contributed by atoms with E-state index >= 15 is 0 Å². The van der Waals surface area contributed by atoms with E-state index in [-0.39, 0.29) is 24.8 Å². The van der Waals surface area contributed by atoms with Crippen molar-refractivity contribution in [2.45, 2.75) is 19.4 Å². The van der Waals surface area contributed by atoms with Gasteiger partial charge in [-0.1, -0.05) is 0 Å². The minimum absolute atomic E-state index is 0.164. The van der Waals surface area contributed by atoms with Gasteiger partial charge < -0.3 is 19.7 Å². The van der Waals surface area contributed by atoms with Gasteiger partial charge in [0, 0.05) is 18.7 Å². The highest BCUT2D eigenvalue weighted by molar-refractivity contribution is 9.10. The molecule has 0 aromatic heterocycles. The number of carbonyl (C=O) groups is 3. The minimum atomic E-state index is -0.869. The van der Waals surface area contributed by atoms with Gasteiger partial charge in [-0.2, -0.15) is 0 Å². The molecule has 1 aliphatic rings. The smallest absolute Gasteiger partial charge is 0.308 e. The Bertz CT molecular complexity index is 649. The Labute approximate surface area is 148 Å². The molecule has 0 spiro atoms. The highest BCUT2D eigenvalue weighted by atomic mass is 79.9. The minimum Gasteiger partial charge on any atom is -0.496 e. The molecule has 1 N–H and O–H groups in total. The van der Waals surface area contributed by atoms with E-state index in [0.29, 0.717) is 28.9 Å². The largest absolute Gasteiger partial charge is 0.496 e. The van der Waals surface area contributed by atoms with Crippen molar-refractivity contribution < 1.29 is 23.9 Å². The monoisotopic (exact) mass is 398 g/mol. The van der Waals surface area contributed by atoms with Crippen LogP contribution in [0, 0.1) is 0 Å². The molecule has 24 heavy (non-hydrogen) atoms. The molecular weight excluding hydrogens is 380 g/mol. The fraction of sp³-hybridized carbons (Fsp3) is 0.438. The van der Waals surface area contributed by atoms with Gasteiger partial charge in [0.15, 0.2) is 0 Å². The van der Waals surface area contributed by atoms with Crippen LogP contribution in [-0.4, -0.2) is 55.5 Å². The number of halogens is 1. The van der Waals surface area contributed by atoms with Crippen molar-refractivity contribution in [3.05, 3.63) is 28.2 Å². The van der Waals surface area contributed by atoms with Crippen LogP contribution in [0.1, 0.15) is 23.7 Å². The number of methoxy groups -OCH3 is 1. The topological polar surface area (TPSA) is 84.9 Å². The van der Waals surface area contributed by atoms with Crippen molar-refractivity contribution >= 4 is 33.7 Å². The van der Waals surface area contributed by atoms with Gasteiger partial charge in [0.1, 0.15) is 11.8 Å². The third-order valence-corrected chi connectivity index (χ3v) is 4.28. The number of hydrogen-bond donors (Lipinski definition) is 1. The average Bonchev–Trinajstić information content (AvgIpc) is 2.56. The summed E-state index contributed by atoms with van der Waals surface area (Å²) in [7, 11) is 1.53. The summed E-state index contributed by atoms with van der Waals surface area (Å²) in [6.07, 6.45) is -0.164. The van der Waals surface area contributed by atoms with Crippen molar-refractivity contribution in [2.75, 3.05) is 26.8 Å². The molecular formula is C16H19BrN2O5. The first-order valence-corrected chi connectivity index (χ1v) is 8.35. The van der Waals surface area contributed by atoms with Crippen molar-refractivity contribution in [1.82, 2.24) is 10.2 Å². The number of hydrogen-bond acceptors (Lipinski definition) is 5. The van der Waals surface area contributed by atoms with Crippen molar-refractivity contribution in [3.63, 3.8) is 0 Å². The van der Waals surface area contributed by atoms with Crippen molar-refractivity contribution in [3.8, 4) is 5.75 Å². The molecule has 1 unspecified atom stereocenters. The van der Waals surface area contributed by atoms with Crippen LogP contribution in [-0.2, 0) is 14.3 Å². The molecule has 1 aromatic carbocycles. The van der Waals surface area contributed by atoms with Crippen LogP contribution >= 0.6 is 15.9 Å². The maximum Gasteiger partial charge on any atom is 0.308 e. The van der Waals surface area contributed by atoms with E-state index in [9.17, 15) is 14.4 Å². The third kappa shape index (κ3) is 4.05. The van der Waals surface area contributed by atoms with E-state index in [1.54, 1.807) is 25.1 Å². The summed E-state index contributed by atoms with van der Waals surface area (Å²) in [5.41, 5.74) is 0.409. The Balaban J connectivity index is 2.22. The molecule has 8 heteroatoms. The van der Waals surface area contributed by atoms with Crippen molar-refractivity contribution in [1.29, 1.82) is 0 Å². The highest BCUT2D eigenvalue weighted by Crippen LogP contribution is 2.26. The van der Waals surface area contributed by atoms with E-state index in [1.165, 1.54) is 12.0 Å². The number of carbonyl (C=O) groups excluding carboxylic acids is 3. The van der Waals surface area contributed by atoms with Gasteiger partial charge in [0.2, 0.25) is 5.91 Å². The zero-order valence-corrected chi connectivity index (χ0v) is 15.1. The molecule has 1 aromatic rings. The summed E-state index contributed by atoms with van der Waals surface area (Å²) in [6.45, 7) is 2.60. The van der Waals surface area contributed by atoms with Crippen LogP contribution in [0.3, 0.4) is 0 Å². The van der Waals surface area contributed by atoms with E-state index in [2.05, 4.69) is 21.2 Å². The summed E-state index contributed by atoms with van der Waals surface area (Å²) < 4.78 is 10.7. The Kier molecular flexibility index (Phi) is 6.19. The van der Waals surface area contributed by atoms with Gasteiger partial charge >= 0.3 is 5.97 Å². The average molecular weight is 399 g/mol. The first-order chi connectivity index (χ1) is 11.5. The summed E-state index contributed by atoms with van der Waals surface area (Å²) in [4.78, 5) is 38.0. The molecule has 2 rings (SSSR count). The molecule has 1 saturated heterocycles. The Morgan fingerprint density at radius 2 is 2.17 bits per heavy atom. The highest BCUT2D eigenvalue weighted by Gasteiger charge is 2.35. The lowest BCUT2D eigenvalue weighted by Gasteiger charge is -2.34. The Morgan fingerprint density at radius 1 is 1.42 bits per heavy atom. The second-order valence-electron chi connectivity index (χ2n) is 5.16. The third-order valence-electron chi connectivity index (χ3n) is 3.66. The molecule has 0 radical (unpaired) electrons. The van der Waals surface area contributed by atoms with Crippen molar-refractivity contribution in [2.24, 2.45) is 0 Å². The van der Waals surface area contributed by atoms with Crippen LogP contribution in [0.5, 0.6) is 5.75 Å². The predicted molar refractivity (Wildman–Crippen MR) is 89.8 cm³/mol. The standard InChI is InChI=1S/C16H19BrN2O5/c1-3-24-14(20)9-12-15(21)18-6-7-19(12)16(22)10-4-5-13(23-2)11(17)8-10/h4-5,8,12H,3,6-7,9H2,1-2H3,(H,18,21). The fourth-order valence-corrected chi connectivity index (χ4v) is 3.04. The molecule has 0 bridgehead atoms. The summed E-state index contributed by atoms with van der Waals surface area (Å²) in [5, 5.41) is 2.68. The lowest BCUT2D eigenvalue weighted by molar-refractivity contribution is -0.147. The fourth-order valence-electron chi connectivity index (χ4n) is 2.50. The molecule has 0 aliphatic carbocycles. The van der Waals surface area contributed by atoms with E-state index < -0.39 is 12.0 Å². The van der Waals surface area contributed by atoms with Crippen LogP contribution in [0.15, 0.2) is 22.7 Å². The van der Waals surface area contributed by atoms with E-state index in [1.807, 2.05) is 0 Å². The molecule has 1 heterocycles. The lowest BCUT2D eigenvalue weighted by atomic mass is 10.1. The first-order valence-electron chi connectivity index (χ1n) is 7.55. The second kappa shape index (κ2) is 8.14. The molecule has 1 aliphatic heterocycles. The molecule has 0 saturated carbocycles. The van der Waals surface area contributed by atoms with Gasteiger partial charge in [-0.3, -0.25) is 14.4 Å². The molecule has 1 atom stereocenters. The number of piperazine rings is 1. The first kappa shape index (κ1) is 18.3. The number of ether oxygens (including phenoxy) is 2. The number of nitrogens with zero attached hydrogens (tertiary/aromatic N) is 1. The van der Waals surface area contributed by atoms with Crippen LogP contribution in [0.2, 0.25) is 0 Å². The summed E-state index contributed by atoms with van der Waals surface area (Å²) >= 11 is 3.34. The van der Waals surface area contributed by atoms with Crippen LogP contribution < -0.4 is 10.1 Å². The van der Waals surface area contributed by atoms with E-state index in [4.69, 9.17) is 9.47 Å². The number of rotatable bonds is 5. The van der Waals surface area contributed by atoms with E-state index in [0.717, 1.165) is 0 Å². The Hall–Kier alpha value is -2.09. The number of nitrogens with one attached hydrogen (secondary N) is 1. The Morgan fingerprint density at radius 3 is 2.79 bits per heavy atom. The summed E-state index contributed by atoms with van der Waals surface area (Å²) in [5.74, 6) is -0.572. The molecule has 7 nitrogen and oxygen atoms in total. The van der Waals surface area contributed by atoms with Gasteiger partial charge in [0.05, 0.1) is 24.6 Å². The zero-order chi connectivity index (χ0) is 17.7. The second-order valence-corrected chi connectivity index (χ2v) is 6.02. The van der Waals surface area contributed by atoms with Gasteiger partial charge in [-0.05, 0) is 41.1 Å². The summed E-state index contributed by atoms with van der Waals surface area (Å²) in [6, 6.07) is 4.06. The molecule has 1 fully saturated rings. The number of benzene rings is 1. The van der Waals surface area contributed by atoms with Gasteiger partial charge in [-0.25, -0.2) is 0 Å². The van der Waals surface area contributed by atoms with Crippen LogP contribution in [0.4, 0.5) is 0 Å². The maximum atomic E-state index is 12.8.